The monoisotopic (exact) mass is 265 g/mol. The summed E-state index contributed by atoms with van der Waals surface area (Å²) in [5, 5.41) is 14.6. The molecule has 0 aliphatic rings. The van der Waals surface area contributed by atoms with Gasteiger partial charge < -0.3 is 21.5 Å². The van der Waals surface area contributed by atoms with Crippen molar-refractivity contribution in [3.63, 3.8) is 0 Å². The third-order valence-corrected chi connectivity index (χ3v) is 2.86. The predicted octanol–water partition coefficient (Wildman–Crippen LogP) is 1.15. The molecule has 0 spiro atoms. The van der Waals surface area contributed by atoms with Gasteiger partial charge in [-0.25, -0.2) is 4.79 Å². The van der Waals surface area contributed by atoms with Crippen LogP contribution in [0.2, 0.25) is 0 Å². The molecule has 0 unspecified atom stereocenters. The molecule has 1 rings (SSSR count). The zero-order valence-corrected chi connectivity index (χ0v) is 11.3. The Kier molecular flexibility index (Phi) is 4.37. The van der Waals surface area contributed by atoms with Crippen LogP contribution in [0.25, 0.3) is 0 Å². The van der Waals surface area contributed by atoms with Gasteiger partial charge in [-0.3, -0.25) is 4.79 Å². The summed E-state index contributed by atoms with van der Waals surface area (Å²) in [5.41, 5.74) is 5.84. The fourth-order valence-electron chi connectivity index (χ4n) is 1.59. The summed E-state index contributed by atoms with van der Waals surface area (Å²) in [7, 11) is 1.58. The molecule has 0 aliphatic heterocycles. The molecule has 6 nitrogen and oxygen atoms in total. The molecule has 5 N–H and O–H groups in total. The number of hydrogen-bond acceptors (Lipinski definition) is 4. The maximum atomic E-state index is 11.6. The van der Waals surface area contributed by atoms with Gasteiger partial charge in [-0.05, 0) is 32.0 Å². The van der Waals surface area contributed by atoms with Crippen molar-refractivity contribution in [3.05, 3.63) is 23.8 Å². The molecule has 0 saturated heterocycles. The van der Waals surface area contributed by atoms with Crippen LogP contribution in [0.4, 0.5) is 11.4 Å². The number of amides is 1. The van der Waals surface area contributed by atoms with E-state index in [-0.39, 0.29) is 17.2 Å². The highest BCUT2D eigenvalue weighted by molar-refractivity contribution is 5.94. The first-order chi connectivity index (χ1) is 8.77. The van der Waals surface area contributed by atoms with Gasteiger partial charge >= 0.3 is 5.97 Å². The van der Waals surface area contributed by atoms with Crippen molar-refractivity contribution < 1.29 is 14.7 Å². The largest absolute Gasteiger partial charge is 0.478 e. The summed E-state index contributed by atoms with van der Waals surface area (Å²) in [6.45, 7) is 3.98. The topological polar surface area (TPSA) is 104 Å². The van der Waals surface area contributed by atoms with Crippen LogP contribution in [0.3, 0.4) is 0 Å². The Bertz CT molecular complexity index is 498. The van der Waals surface area contributed by atoms with Gasteiger partial charge in [0.1, 0.15) is 0 Å². The summed E-state index contributed by atoms with van der Waals surface area (Å²) in [6, 6.07) is 4.66. The number of nitrogen functional groups attached to an aromatic ring is 1. The Hall–Kier alpha value is -2.24. The van der Waals surface area contributed by atoms with E-state index in [4.69, 9.17) is 10.8 Å². The van der Waals surface area contributed by atoms with Crippen molar-refractivity contribution in [2.45, 2.75) is 13.8 Å². The number of carbonyl (C=O) groups is 2. The number of rotatable bonds is 5. The number of anilines is 2. The molecule has 0 radical (unpaired) electrons. The second kappa shape index (κ2) is 5.60. The van der Waals surface area contributed by atoms with Crippen LogP contribution in [0, 0.1) is 5.41 Å². The fourth-order valence-corrected chi connectivity index (χ4v) is 1.59. The third kappa shape index (κ3) is 3.61. The Morgan fingerprint density at radius 3 is 2.53 bits per heavy atom. The van der Waals surface area contributed by atoms with Gasteiger partial charge in [0, 0.05) is 25.0 Å². The Morgan fingerprint density at radius 2 is 2.00 bits per heavy atom. The van der Waals surface area contributed by atoms with Crippen LogP contribution in [0.1, 0.15) is 24.2 Å². The van der Waals surface area contributed by atoms with Crippen molar-refractivity contribution in [2.75, 3.05) is 24.6 Å². The number of carboxylic acids is 1. The minimum Gasteiger partial charge on any atom is -0.478 e. The molecule has 0 aromatic heterocycles. The SMILES string of the molecule is CNC(=O)C(C)(C)CNc1ccc(N)c(C(=O)O)c1. The van der Waals surface area contributed by atoms with E-state index in [9.17, 15) is 9.59 Å². The molecule has 0 fully saturated rings. The first-order valence-corrected chi connectivity index (χ1v) is 5.87. The van der Waals surface area contributed by atoms with E-state index in [1.807, 2.05) is 0 Å². The second-order valence-electron chi connectivity index (χ2n) is 4.92. The summed E-state index contributed by atoms with van der Waals surface area (Å²) < 4.78 is 0. The second-order valence-corrected chi connectivity index (χ2v) is 4.92. The van der Waals surface area contributed by atoms with E-state index in [0.717, 1.165) is 0 Å². The number of nitrogens with one attached hydrogen (secondary N) is 2. The van der Waals surface area contributed by atoms with E-state index in [0.29, 0.717) is 12.2 Å². The average Bonchev–Trinajstić information content (AvgIpc) is 2.36. The Balaban J connectivity index is 2.82. The molecule has 0 bridgehead atoms. The standard InChI is InChI=1S/C13H19N3O3/c1-13(2,12(19)15-3)7-16-8-4-5-10(14)9(6-8)11(17)18/h4-6,16H,7,14H2,1-3H3,(H,15,19)(H,17,18). The molecule has 19 heavy (non-hydrogen) atoms. The third-order valence-electron chi connectivity index (χ3n) is 2.86. The van der Waals surface area contributed by atoms with Crippen molar-refractivity contribution in [3.8, 4) is 0 Å². The molecular weight excluding hydrogens is 246 g/mol. The van der Waals surface area contributed by atoms with Gasteiger partial charge in [0.2, 0.25) is 5.91 Å². The first-order valence-electron chi connectivity index (χ1n) is 5.87. The first kappa shape index (κ1) is 14.8. The molecule has 6 heteroatoms. The van der Waals surface area contributed by atoms with E-state index < -0.39 is 11.4 Å². The van der Waals surface area contributed by atoms with E-state index >= 15 is 0 Å². The number of carboxylic acid groups (broad SMARTS) is 1. The minimum atomic E-state index is -1.08. The summed E-state index contributed by atoms with van der Waals surface area (Å²) in [4.78, 5) is 22.6. The van der Waals surface area contributed by atoms with E-state index in [1.165, 1.54) is 12.1 Å². The van der Waals surface area contributed by atoms with Crippen molar-refractivity contribution >= 4 is 23.3 Å². The van der Waals surface area contributed by atoms with Crippen molar-refractivity contribution in [2.24, 2.45) is 5.41 Å². The normalized spacial score (nSPS) is 10.9. The number of benzene rings is 1. The maximum absolute atomic E-state index is 11.6. The van der Waals surface area contributed by atoms with E-state index in [1.54, 1.807) is 27.0 Å². The zero-order chi connectivity index (χ0) is 14.6. The molecule has 0 heterocycles. The molecule has 0 atom stereocenters. The van der Waals surface area contributed by atoms with Gasteiger partial charge in [0.15, 0.2) is 0 Å². The quantitative estimate of drug-likeness (QED) is 0.598. The van der Waals surface area contributed by atoms with Crippen LogP contribution >= 0.6 is 0 Å². The lowest BCUT2D eigenvalue weighted by Crippen LogP contribution is -2.39. The zero-order valence-electron chi connectivity index (χ0n) is 11.3. The molecule has 104 valence electrons. The number of nitrogens with two attached hydrogens (primary N) is 1. The van der Waals surface area contributed by atoms with Crippen LogP contribution in [0.5, 0.6) is 0 Å². The van der Waals surface area contributed by atoms with Gasteiger partial charge in [0.05, 0.1) is 11.0 Å². The van der Waals surface area contributed by atoms with Crippen molar-refractivity contribution in [1.29, 1.82) is 0 Å². The highest BCUT2D eigenvalue weighted by atomic mass is 16.4. The van der Waals surface area contributed by atoms with Crippen molar-refractivity contribution in [1.82, 2.24) is 5.32 Å². The summed E-state index contributed by atoms with van der Waals surface area (Å²) >= 11 is 0. The molecule has 1 aromatic rings. The molecular formula is C13H19N3O3. The smallest absolute Gasteiger partial charge is 0.337 e. The number of carbonyl (C=O) groups excluding carboxylic acids is 1. The maximum Gasteiger partial charge on any atom is 0.337 e. The molecule has 1 aromatic carbocycles. The predicted molar refractivity (Wildman–Crippen MR) is 74.2 cm³/mol. The van der Waals surface area contributed by atoms with Crippen LogP contribution in [-0.4, -0.2) is 30.6 Å². The van der Waals surface area contributed by atoms with Gasteiger partial charge in [0.25, 0.3) is 0 Å². The van der Waals surface area contributed by atoms with Crippen LogP contribution < -0.4 is 16.4 Å². The van der Waals surface area contributed by atoms with Crippen LogP contribution in [0.15, 0.2) is 18.2 Å². The molecule has 0 saturated carbocycles. The lowest BCUT2D eigenvalue weighted by molar-refractivity contribution is -0.128. The highest BCUT2D eigenvalue weighted by Crippen LogP contribution is 2.21. The average molecular weight is 265 g/mol. The van der Waals surface area contributed by atoms with E-state index in [2.05, 4.69) is 10.6 Å². The minimum absolute atomic E-state index is 0.0442. The number of aromatic carboxylic acids is 1. The summed E-state index contributed by atoms with van der Waals surface area (Å²) in [6.07, 6.45) is 0. The summed E-state index contributed by atoms with van der Waals surface area (Å²) in [5.74, 6) is -1.17. The lowest BCUT2D eigenvalue weighted by Gasteiger charge is -2.23. The number of hydrogen-bond donors (Lipinski definition) is 4. The molecule has 1 amide bonds. The van der Waals surface area contributed by atoms with Gasteiger partial charge in [-0.1, -0.05) is 0 Å². The van der Waals surface area contributed by atoms with Crippen LogP contribution in [-0.2, 0) is 4.79 Å². The van der Waals surface area contributed by atoms with Gasteiger partial charge in [-0.15, -0.1) is 0 Å². The highest BCUT2D eigenvalue weighted by Gasteiger charge is 2.26. The Morgan fingerprint density at radius 1 is 1.37 bits per heavy atom. The van der Waals surface area contributed by atoms with Gasteiger partial charge in [-0.2, -0.15) is 0 Å². The Labute approximate surface area is 112 Å². The lowest BCUT2D eigenvalue weighted by atomic mass is 9.92. The fraction of sp³-hybridized carbons (Fsp3) is 0.385. The molecule has 0 aliphatic carbocycles.